The van der Waals surface area contributed by atoms with Crippen molar-refractivity contribution in [2.24, 2.45) is 0 Å². The molecule has 0 amide bonds. The monoisotopic (exact) mass is 180 g/mol. The molecule has 0 aromatic carbocycles. The van der Waals surface area contributed by atoms with Gasteiger partial charge in [0.15, 0.2) is 0 Å². The molecule has 1 unspecified atom stereocenters. The lowest BCUT2D eigenvalue weighted by Gasteiger charge is -2.12. The third kappa shape index (κ3) is 2.83. The lowest BCUT2D eigenvalue weighted by molar-refractivity contribution is -0.137. The summed E-state index contributed by atoms with van der Waals surface area (Å²) in [5, 5.41) is 11.5. The van der Waals surface area contributed by atoms with Crippen molar-refractivity contribution >= 4 is 5.97 Å². The van der Waals surface area contributed by atoms with Gasteiger partial charge in [-0.1, -0.05) is 6.07 Å². The molecular formula is C9H12N2O2. The van der Waals surface area contributed by atoms with Gasteiger partial charge in [0, 0.05) is 6.20 Å². The molecule has 1 aromatic heterocycles. The van der Waals surface area contributed by atoms with Crippen molar-refractivity contribution in [2.45, 2.75) is 12.5 Å². The van der Waals surface area contributed by atoms with Crippen molar-refractivity contribution in [1.82, 2.24) is 10.3 Å². The van der Waals surface area contributed by atoms with Gasteiger partial charge in [0.25, 0.3) is 0 Å². The van der Waals surface area contributed by atoms with E-state index < -0.39 is 5.97 Å². The standard InChI is InChI=1S/C9H12N2O2/c1-10-8(6-9(12)13)7-4-2-3-5-11-7/h2-5,8,10H,6H2,1H3,(H,12,13). The molecule has 1 aromatic rings. The van der Waals surface area contributed by atoms with Gasteiger partial charge in [-0.3, -0.25) is 9.78 Å². The van der Waals surface area contributed by atoms with E-state index in [9.17, 15) is 4.79 Å². The predicted octanol–water partition coefficient (Wildman–Crippen LogP) is 0.817. The van der Waals surface area contributed by atoms with Crippen LogP contribution in [0.3, 0.4) is 0 Å². The zero-order chi connectivity index (χ0) is 9.68. The second-order valence-corrected chi connectivity index (χ2v) is 2.69. The smallest absolute Gasteiger partial charge is 0.305 e. The van der Waals surface area contributed by atoms with E-state index in [1.54, 1.807) is 19.3 Å². The fourth-order valence-electron chi connectivity index (χ4n) is 1.11. The second kappa shape index (κ2) is 4.57. The van der Waals surface area contributed by atoms with Crippen LogP contribution in [-0.4, -0.2) is 23.1 Å². The minimum atomic E-state index is -0.829. The second-order valence-electron chi connectivity index (χ2n) is 2.69. The summed E-state index contributed by atoms with van der Waals surface area (Å²) in [4.78, 5) is 14.6. The van der Waals surface area contributed by atoms with Gasteiger partial charge >= 0.3 is 5.97 Å². The SMILES string of the molecule is CNC(CC(=O)O)c1ccccn1. The first kappa shape index (κ1) is 9.67. The minimum Gasteiger partial charge on any atom is -0.481 e. The van der Waals surface area contributed by atoms with Crippen LogP contribution in [-0.2, 0) is 4.79 Å². The van der Waals surface area contributed by atoms with E-state index in [1.807, 2.05) is 12.1 Å². The molecule has 0 radical (unpaired) electrons. The Hall–Kier alpha value is -1.42. The summed E-state index contributed by atoms with van der Waals surface area (Å²) >= 11 is 0. The first-order chi connectivity index (χ1) is 6.24. The van der Waals surface area contributed by atoms with Gasteiger partial charge in [0.05, 0.1) is 18.2 Å². The van der Waals surface area contributed by atoms with E-state index in [4.69, 9.17) is 5.11 Å². The van der Waals surface area contributed by atoms with E-state index >= 15 is 0 Å². The fraction of sp³-hybridized carbons (Fsp3) is 0.333. The molecule has 1 heterocycles. The Bertz CT molecular complexity index is 274. The summed E-state index contributed by atoms with van der Waals surface area (Å²) in [6.07, 6.45) is 1.70. The quantitative estimate of drug-likeness (QED) is 0.720. The molecule has 0 aliphatic rings. The van der Waals surface area contributed by atoms with E-state index in [0.29, 0.717) is 0 Å². The summed E-state index contributed by atoms with van der Waals surface area (Å²) in [6, 6.07) is 5.24. The van der Waals surface area contributed by atoms with Gasteiger partial charge in [0.2, 0.25) is 0 Å². The number of carbonyl (C=O) groups is 1. The Morgan fingerprint density at radius 2 is 2.46 bits per heavy atom. The number of hydrogen-bond donors (Lipinski definition) is 2. The van der Waals surface area contributed by atoms with E-state index in [2.05, 4.69) is 10.3 Å². The van der Waals surface area contributed by atoms with E-state index in [-0.39, 0.29) is 12.5 Å². The third-order valence-corrected chi connectivity index (χ3v) is 1.77. The van der Waals surface area contributed by atoms with Gasteiger partial charge in [-0.25, -0.2) is 0 Å². The maximum atomic E-state index is 10.5. The van der Waals surface area contributed by atoms with Crippen LogP contribution in [0, 0.1) is 0 Å². The van der Waals surface area contributed by atoms with Crippen molar-refractivity contribution < 1.29 is 9.90 Å². The topological polar surface area (TPSA) is 62.2 Å². The molecule has 0 aliphatic heterocycles. The fourth-order valence-corrected chi connectivity index (χ4v) is 1.11. The van der Waals surface area contributed by atoms with Crippen molar-refractivity contribution in [3.8, 4) is 0 Å². The minimum absolute atomic E-state index is 0.0491. The van der Waals surface area contributed by atoms with Crippen LogP contribution >= 0.6 is 0 Å². The highest BCUT2D eigenvalue weighted by Crippen LogP contribution is 2.12. The number of aliphatic carboxylic acids is 1. The highest BCUT2D eigenvalue weighted by Gasteiger charge is 2.13. The van der Waals surface area contributed by atoms with Crippen LogP contribution in [0.2, 0.25) is 0 Å². The molecule has 0 saturated heterocycles. The largest absolute Gasteiger partial charge is 0.481 e. The van der Waals surface area contributed by atoms with Gasteiger partial charge in [-0.05, 0) is 19.2 Å². The lowest BCUT2D eigenvalue weighted by atomic mass is 10.1. The number of carboxylic acids is 1. The Balaban J connectivity index is 2.73. The van der Waals surface area contributed by atoms with Crippen molar-refractivity contribution in [3.63, 3.8) is 0 Å². The maximum absolute atomic E-state index is 10.5. The average molecular weight is 180 g/mol. The van der Waals surface area contributed by atoms with E-state index in [1.165, 1.54) is 0 Å². The molecule has 0 aliphatic carbocycles. The molecule has 2 N–H and O–H groups in total. The van der Waals surface area contributed by atoms with Gasteiger partial charge in [0.1, 0.15) is 0 Å². The van der Waals surface area contributed by atoms with Crippen LogP contribution in [0.15, 0.2) is 24.4 Å². The molecule has 0 fully saturated rings. The van der Waals surface area contributed by atoms with Crippen LogP contribution in [0.1, 0.15) is 18.2 Å². The summed E-state index contributed by atoms with van der Waals surface area (Å²) in [5.41, 5.74) is 0.757. The number of carboxylic acid groups (broad SMARTS) is 1. The molecule has 0 saturated carbocycles. The van der Waals surface area contributed by atoms with Crippen LogP contribution in [0.25, 0.3) is 0 Å². The van der Waals surface area contributed by atoms with Gasteiger partial charge < -0.3 is 10.4 Å². The van der Waals surface area contributed by atoms with Crippen molar-refractivity contribution in [2.75, 3.05) is 7.05 Å². The molecule has 1 atom stereocenters. The van der Waals surface area contributed by atoms with Crippen LogP contribution in [0.5, 0.6) is 0 Å². The van der Waals surface area contributed by atoms with E-state index in [0.717, 1.165) is 5.69 Å². The lowest BCUT2D eigenvalue weighted by Crippen LogP contribution is -2.20. The van der Waals surface area contributed by atoms with Crippen molar-refractivity contribution in [1.29, 1.82) is 0 Å². The Kier molecular flexibility index (Phi) is 3.40. The number of rotatable bonds is 4. The zero-order valence-electron chi connectivity index (χ0n) is 7.40. The van der Waals surface area contributed by atoms with Gasteiger partial charge in [-0.2, -0.15) is 0 Å². The molecule has 0 spiro atoms. The Morgan fingerprint density at radius 1 is 1.69 bits per heavy atom. The highest BCUT2D eigenvalue weighted by atomic mass is 16.4. The van der Waals surface area contributed by atoms with Crippen LogP contribution < -0.4 is 5.32 Å². The number of aromatic nitrogens is 1. The molecule has 4 nitrogen and oxygen atoms in total. The zero-order valence-corrected chi connectivity index (χ0v) is 7.40. The molecule has 1 rings (SSSR count). The van der Waals surface area contributed by atoms with Crippen LogP contribution in [0.4, 0.5) is 0 Å². The summed E-state index contributed by atoms with van der Waals surface area (Å²) in [7, 11) is 1.72. The highest BCUT2D eigenvalue weighted by molar-refractivity contribution is 5.67. The number of nitrogens with one attached hydrogen (secondary N) is 1. The normalized spacial score (nSPS) is 12.4. The molecule has 4 heteroatoms. The maximum Gasteiger partial charge on any atom is 0.305 e. The Labute approximate surface area is 76.6 Å². The summed E-state index contributed by atoms with van der Waals surface area (Å²) in [6.45, 7) is 0. The van der Waals surface area contributed by atoms with Crippen molar-refractivity contribution in [3.05, 3.63) is 30.1 Å². The summed E-state index contributed by atoms with van der Waals surface area (Å²) in [5.74, 6) is -0.829. The average Bonchev–Trinajstić information content (AvgIpc) is 2.15. The van der Waals surface area contributed by atoms with Gasteiger partial charge in [-0.15, -0.1) is 0 Å². The summed E-state index contributed by atoms with van der Waals surface area (Å²) < 4.78 is 0. The molecule has 70 valence electrons. The predicted molar refractivity (Wildman–Crippen MR) is 48.3 cm³/mol. The molecule has 13 heavy (non-hydrogen) atoms. The molecule has 0 bridgehead atoms. The molecular weight excluding hydrogens is 168 g/mol. The number of hydrogen-bond acceptors (Lipinski definition) is 3. The third-order valence-electron chi connectivity index (χ3n) is 1.77. The first-order valence-electron chi connectivity index (χ1n) is 4.04. The first-order valence-corrected chi connectivity index (χ1v) is 4.04. The Morgan fingerprint density at radius 3 is 2.92 bits per heavy atom. The number of pyridine rings is 1. The number of nitrogens with zero attached hydrogens (tertiary/aromatic N) is 1.